The van der Waals surface area contributed by atoms with E-state index < -0.39 is 9.84 Å². The van der Waals surface area contributed by atoms with Crippen molar-refractivity contribution in [2.75, 3.05) is 11.5 Å². The summed E-state index contributed by atoms with van der Waals surface area (Å²) in [5.74, 6) is 0.486. The fraction of sp³-hybridized carbons (Fsp3) is 0.510. The van der Waals surface area contributed by atoms with Crippen molar-refractivity contribution in [2.24, 2.45) is 4.99 Å². The lowest BCUT2D eigenvalue weighted by atomic mass is 9.90. The Morgan fingerprint density at radius 2 is 0.768 bits per heavy atom. The highest BCUT2D eigenvalue weighted by atomic mass is 32.2. The normalized spacial score (nSPS) is 14.9. The molecule has 56 heavy (non-hydrogen) atoms. The van der Waals surface area contributed by atoms with Crippen LogP contribution in [0.2, 0.25) is 0 Å². The first-order valence-corrected chi connectivity index (χ1v) is 21.7. The summed E-state index contributed by atoms with van der Waals surface area (Å²) in [6.45, 7) is 44.7. The van der Waals surface area contributed by atoms with Crippen molar-refractivity contribution >= 4 is 15.5 Å². The molecule has 0 unspecified atom stereocenters. The lowest BCUT2D eigenvalue weighted by Gasteiger charge is -2.15. The molecular weight excluding hydrogens is 709 g/mol. The molecule has 0 N–H and O–H groups in total. The summed E-state index contributed by atoms with van der Waals surface area (Å²) in [6, 6.07) is 0. The average molecular weight is 783 g/mol. The van der Waals surface area contributed by atoms with Gasteiger partial charge in [-0.2, -0.15) is 10.2 Å². The number of hydrogen-bond acceptors (Lipinski definition) is 6. The number of allylic oxidation sites excluding steroid dienone is 6. The second-order valence-corrected chi connectivity index (χ2v) is 18.3. The molecule has 3 aliphatic rings. The van der Waals surface area contributed by atoms with Crippen LogP contribution in [-0.2, 0) is 9.84 Å². The smallest absolute Gasteiger partial charge is 0.157 e. The molecule has 2 aromatic heterocycles. The zero-order chi connectivity index (χ0) is 43.4. The van der Waals surface area contributed by atoms with Crippen LogP contribution in [0.5, 0.6) is 0 Å². The molecule has 1 aliphatic carbocycles. The van der Waals surface area contributed by atoms with Crippen molar-refractivity contribution in [1.82, 2.24) is 15.2 Å². The van der Waals surface area contributed by atoms with Crippen LogP contribution in [0.25, 0.3) is 0 Å². The van der Waals surface area contributed by atoms with Gasteiger partial charge in [0.05, 0.1) is 22.9 Å². The van der Waals surface area contributed by atoms with Gasteiger partial charge in [0.1, 0.15) is 0 Å². The van der Waals surface area contributed by atoms with Gasteiger partial charge in [-0.25, -0.2) is 8.42 Å². The van der Waals surface area contributed by atoms with E-state index in [4.69, 9.17) is 0 Å². The highest BCUT2D eigenvalue weighted by Gasteiger charge is 2.10. The van der Waals surface area contributed by atoms with E-state index in [2.05, 4.69) is 158 Å². The molecule has 0 saturated heterocycles. The second kappa shape index (κ2) is 22.1. The molecule has 0 fully saturated rings. The van der Waals surface area contributed by atoms with E-state index in [0.29, 0.717) is 0 Å². The number of aromatic nitrogens is 3. The van der Waals surface area contributed by atoms with Crippen LogP contribution in [0, 0.1) is 104 Å². The molecule has 0 spiro atoms. The van der Waals surface area contributed by atoms with E-state index >= 15 is 0 Å². The van der Waals surface area contributed by atoms with E-state index in [1.54, 1.807) is 12.2 Å². The van der Waals surface area contributed by atoms with Crippen molar-refractivity contribution in [3.63, 3.8) is 0 Å². The maximum absolute atomic E-state index is 10.4. The number of sulfone groups is 1. The van der Waals surface area contributed by atoms with Gasteiger partial charge in [-0.05, 0) is 219 Å². The molecular formula is C49H74N4O2S. The predicted octanol–water partition coefficient (Wildman–Crippen LogP) is 12.7. The summed E-state index contributed by atoms with van der Waals surface area (Å²) in [5.41, 5.74) is 28.0. The Balaban J connectivity index is 0.000000339. The van der Waals surface area contributed by atoms with Crippen LogP contribution in [0.4, 0.5) is 0 Å². The summed E-state index contributed by atoms with van der Waals surface area (Å²) in [6.07, 6.45) is 7.90. The minimum absolute atomic E-state index is 0.243. The first-order chi connectivity index (χ1) is 25.7. The number of nitrogens with zero attached hydrogens (tertiary/aromatic N) is 4. The van der Waals surface area contributed by atoms with Gasteiger partial charge in [0.25, 0.3) is 0 Å². The summed E-state index contributed by atoms with van der Waals surface area (Å²) >= 11 is 0. The Morgan fingerprint density at radius 3 is 0.964 bits per heavy atom. The minimum Gasteiger partial charge on any atom is -0.263 e. The van der Waals surface area contributed by atoms with E-state index in [9.17, 15) is 8.42 Å². The maximum Gasteiger partial charge on any atom is 0.157 e. The van der Waals surface area contributed by atoms with Crippen LogP contribution >= 0.6 is 0 Å². The lowest BCUT2D eigenvalue weighted by Crippen LogP contribution is -1.99. The molecule has 4 heterocycles. The Hall–Kier alpha value is -3.97. The van der Waals surface area contributed by atoms with Gasteiger partial charge in [0.15, 0.2) is 9.84 Å². The Bertz CT molecular complexity index is 1950. The lowest BCUT2D eigenvalue weighted by molar-refractivity contribution is 0.603. The first kappa shape index (κ1) is 50.0. The maximum atomic E-state index is 10.4. The summed E-state index contributed by atoms with van der Waals surface area (Å²) in [5, 5.41) is 7.98. The largest absolute Gasteiger partial charge is 0.263 e. The van der Waals surface area contributed by atoms with E-state index in [1.165, 1.54) is 101 Å². The van der Waals surface area contributed by atoms with E-state index in [1.807, 2.05) is 13.8 Å². The number of hydrogen-bond donors (Lipinski definition) is 0. The fourth-order valence-electron chi connectivity index (χ4n) is 6.31. The van der Waals surface area contributed by atoms with Gasteiger partial charge < -0.3 is 0 Å². The molecule has 2 aliphatic heterocycles. The van der Waals surface area contributed by atoms with Crippen LogP contribution in [-0.4, -0.2) is 40.8 Å². The molecule has 7 heteroatoms. The van der Waals surface area contributed by atoms with Gasteiger partial charge in [0.2, 0.25) is 0 Å². The highest BCUT2D eigenvalue weighted by Crippen LogP contribution is 2.25. The molecule has 0 amide bonds. The van der Waals surface area contributed by atoms with Crippen molar-refractivity contribution in [2.45, 2.75) is 158 Å². The fourth-order valence-corrected chi connectivity index (χ4v) is 7.30. The number of benzene rings is 1. The molecule has 308 valence electrons. The average Bonchev–Trinajstić information content (AvgIpc) is 3.79. The predicted molar refractivity (Wildman–Crippen MR) is 244 cm³/mol. The second-order valence-electron chi connectivity index (χ2n) is 16.1. The van der Waals surface area contributed by atoms with Crippen LogP contribution in [0.1, 0.15) is 138 Å². The third-order valence-corrected chi connectivity index (χ3v) is 13.4. The molecule has 0 bridgehead atoms. The van der Waals surface area contributed by atoms with Crippen molar-refractivity contribution in [3.8, 4) is 0 Å². The third-order valence-electron chi connectivity index (χ3n) is 12.0. The molecule has 3 aromatic rings. The van der Waals surface area contributed by atoms with Crippen molar-refractivity contribution < 1.29 is 8.42 Å². The highest BCUT2D eigenvalue weighted by molar-refractivity contribution is 7.91. The quantitative estimate of drug-likeness (QED) is 0.212. The van der Waals surface area contributed by atoms with Crippen LogP contribution in [0.3, 0.4) is 0 Å². The zero-order valence-corrected chi connectivity index (χ0v) is 39.9. The molecule has 6 nitrogen and oxygen atoms in total. The first-order valence-electron chi connectivity index (χ1n) is 19.8. The summed E-state index contributed by atoms with van der Waals surface area (Å²) < 4.78 is 20.7. The minimum atomic E-state index is -2.66. The van der Waals surface area contributed by atoms with Crippen LogP contribution < -0.4 is 0 Å². The Kier molecular flexibility index (Phi) is 19.7. The molecule has 1 aromatic carbocycles. The monoisotopic (exact) mass is 783 g/mol. The number of rotatable bonds is 0. The SMILES string of the molecule is CC1=CC(C)=C(C)C1.CC1=NC(C)=C(C)C1.Cc1c(C)c(C)c(C)c(C)c1C.Cc1nc(C)c(C)c(C)c1C.Cc1nnc(C)c(C)c1C.O=S1(=O)CC=CC1. The topological polar surface area (TPSA) is 85.2 Å². The van der Waals surface area contributed by atoms with Gasteiger partial charge >= 0.3 is 0 Å². The summed E-state index contributed by atoms with van der Waals surface area (Å²) in [4.78, 5) is 8.70. The number of aryl methyl sites for hydroxylation is 4. The van der Waals surface area contributed by atoms with Gasteiger partial charge in [0, 0.05) is 29.2 Å². The van der Waals surface area contributed by atoms with Gasteiger partial charge in [-0.15, -0.1) is 0 Å². The van der Waals surface area contributed by atoms with Crippen molar-refractivity contribution in [1.29, 1.82) is 0 Å². The third kappa shape index (κ3) is 14.8. The number of aliphatic imine (C=N–C) groups is 1. The molecule has 0 radical (unpaired) electrons. The Morgan fingerprint density at radius 1 is 0.429 bits per heavy atom. The van der Waals surface area contributed by atoms with E-state index in [0.717, 1.165) is 29.2 Å². The molecule has 6 rings (SSSR count). The van der Waals surface area contributed by atoms with Crippen molar-refractivity contribution in [3.05, 3.63) is 130 Å². The molecule has 0 saturated carbocycles. The molecule has 0 atom stereocenters. The summed E-state index contributed by atoms with van der Waals surface area (Å²) in [7, 11) is -2.66. The Labute approximate surface area is 342 Å². The standard InChI is InChI=1S/C12H18.C10H15N.C8H12N2.C8H12.C7H11N.C4H6O2S/c1-7-8(2)10(4)12(6)11(5)9(7)3;1-6-7(2)9(4)11-10(5)8(6)3;1-5-6(2)8(4)10-9-7(5)3;1-6-4-7(2)8(3)5-6;1-5-4-6(2)8-7(5)3;5-7(6)3-1-2-4-7/h1-6H3;1-5H3;1-4H3;4H,5H2,1-3H3;4H2,1-3H3;1-2H,3-4H2. The van der Waals surface area contributed by atoms with Gasteiger partial charge in [-0.3, -0.25) is 9.98 Å². The van der Waals surface area contributed by atoms with E-state index in [-0.39, 0.29) is 11.5 Å². The zero-order valence-electron chi connectivity index (χ0n) is 39.1. The number of pyridine rings is 1. The van der Waals surface area contributed by atoms with Gasteiger partial charge in [-0.1, -0.05) is 34.9 Å². The van der Waals surface area contributed by atoms with Crippen LogP contribution in [0.15, 0.2) is 51.2 Å².